The van der Waals surface area contributed by atoms with Crippen LogP contribution in [0.5, 0.6) is 5.75 Å². The van der Waals surface area contributed by atoms with E-state index >= 15 is 0 Å². The Kier molecular flexibility index (Phi) is 6.10. The van der Waals surface area contributed by atoms with Gasteiger partial charge in [0.15, 0.2) is 0 Å². The predicted octanol–water partition coefficient (Wildman–Crippen LogP) is 3.74. The molecule has 0 radical (unpaired) electrons. The van der Waals surface area contributed by atoms with Gasteiger partial charge in [-0.25, -0.2) is 4.79 Å². The zero-order valence-corrected chi connectivity index (χ0v) is 16.7. The number of para-hydroxylation sites is 1. The lowest BCUT2D eigenvalue weighted by Crippen LogP contribution is -2.17. The van der Waals surface area contributed by atoms with Crippen molar-refractivity contribution in [2.45, 2.75) is 0 Å². The molecule has 0 aliphatic carbocycles. The van der Waals surface area contributed by atoms with Crippen molar-refractivity contribution in [3.63, 3.8) is 0 Å². The fourth-order valence-electron chi connectivity index (χ4n) is 3.03. The minimum absolute atomic E-state index is 0.128. The Labute approximate surface area is 171 Å². The van der Waals surface area contributed by atoms with Crippen molar-refractivity contribution >= 4 is 40.2 Å². The average molecular weight is 409 g/mol. The van der Waals surface area contributed by atoms with Gasteiger partial charge in [0.1, 0.15) is 11.4 Å². The van der Waals surface area contributed by atoms with Crippen LogP contribution in [-0.2, 0) is 7.05 Å². The number of aromatic carboxylic acids is 1. The highest BCUT2D eigenvalue weighted by Crippen LogP contribution is 2.29. The fourth-order valence-corrected chi connectivity index (χ4v) is 3.28. The third kappa shape index (κ3) is 4.20. The van der Waals surface area contributed by atoms with Gasteiger partial charge < -0.3 is 19.7 Å². The predicted molar refractivity (Wildman–Crippen MR) is 113 cm³/mol. The number of hydrogen-bond donors (Lipinski definition) is 2. The molecule has 3 rings (SSSR count). The van der Waals surface area contributed by atoms with Crippen LogP contribution >= 0.6 is 11.8 Å². The maximum absolute atomic E-state index is 12.9. The third-order valence-electron chi connectivity index (χ3n) is 4.42. The zero-order chi connectivity index (χ0) is 21.0. The van der Waals surface area contributed by atoms with Gasteiger partial charge in [0.05, 0.1) is 35.0 Å². The van der Waals surface area contributed by atoms with Crippen LogP contribution < -0.4 is 10.1 Å². The van der Waals surface area contributed by atoms with E-state index in [-0.39, 0.29) is 16.8 Å². The Bertz CT molecular complexity index is 1130. The number of nitrogens with one attached hydrogen (secondary N) is 1. The molecule has 0 saturated carbocycles. The molecule has 148 valence electrons. The Hall–Kier alpha value is -3.44. The van der Waals surface area contributed by atoms with Crippen molar-refractivity contribution in [2.75, 3.05) is 23.9 Å². The van der Waals surface area contributed by atoms with E-state index in [0.717, 1.165) is 16.7 Å². The van der Waals surface area contributed by atoms with Gasteiger partial charge in [0.25, 0.3) is 5.91 Å². The number of carboxylic acids is 1. The number of nitriles is 1. The topological polar surface area (TPSA) is 104 Å². The molecule has 0 fully saturated rings. The maximum atomic E-state index is 12.9. The van der Waals surface area contributed by atoms with Gasteiger partial charge in [-0.2, -0.15) is 17.0 Å². The number of aromatic nitrogens is 1. The number of rotatable bonds is 7. The van der Waals surface area contributed by atoms with Gasteiger partial charge in [0, 0.05) is 18.2 Å². The van der Waals surface area contributed by atoms with Crippen LogP contribution in [-0.4, -0.2) is 40.2 Å². The van der Waals surface area contributed by atoms with Crippen LogP contribution in [0, 0.1) is 11.3 Å². The van der Waals surface area contributed by atoms with E-state index in [0.29, 0.717) is 18.1 Å². The second-order valence-electron chi connectivity index (χ2n) is 6.26. The summed E-state index contributed by atoms with van der Waals surface area (Å²) in [6.07, 6.45) is 2.00. The number of carboxylic acid groups (broad SMARTS) is 1. The van der Waals surface area contributed by atoms with E-state index in [1.165, 1.54) is 18.2 Å². The second-order valence-corrected chi connectivity index (χ2v) is 7.24. The number of fused-ring (bicyclic) bond motifs is 1. The number of thioether (sulfide) groups is 1. The number of aryl methyl sites for hydroxylation is 1. The number of carbonyl (C=O) groups is 2. The summed E-state index contributed by atoms with van der Waals surface area (Å²) in [7, 11) is 1.76. The molecule has 7 nitrogen and oxygen atoms in total. The van der Waals surface area contributed by atoms with Crippen molar-refractivity contribution < 1.29 is 19.4 Å². The molecule has 1 aromatic heterocycles. The molecule has 0 bridgehead atoms. The minimum atomic E-state index is -1.22. The highest BCUT2D eigenvalue weighted by molar-refractivity contribution is 7.98. The van der Waals surface area contributed by atoms with Gasteiger partial charge in [-0.3, -0.25) is 4.79 Å². The van der Waals surface area contributed by atoms with Crippen molar-refractivity contribution in [1.82, 2.24) is 4.57 Å². The van der Waals surface area contributed by atoms with E-state index in [1.54, 1.807) is 29.4 Å². The highest BCUT2D eigenvalue weighted by Gasteiger charge is 2.19. The summed E-state index contributed by atoms with van der Waals surface area (Å²) in [5.74, 6) is -0.141. The molecule has 1 amide bonds. The van der Waals surface area contributed by atoms with Crippen LogP contribution in [0.25, 0.3) is 10.9 Å². The van der Waals surface area contributed by atoms with Crippen LogP contribution in [0.1, 0.15) is 26.4 Å². The molecule has 0 saturated heterocycles. The molecule has 0 aliphatic rings. The van der Waals surface area contributed by atoms with Crippen molar-refractivity contribution in [1.29, 1.82) is 5.26 Å². The lowest BCUT2D eigenvalue weighted by molar-refractivity contribution is 0.0698. The van der Waals surface area contributed by atoms with Crippen molar-refractivity contribution in [3.05, 3.63) is 59.3 Å². The van der Waals surface area contributed by atoms with Crippen molar-refractivity contribution in [3.8, 4) is 11.8 Å². The number of benzene rings is 2. The van der Waals surface area contributed by atoms with E-state index in [1.807, 2.05) is 30.5 Å². The van der Waals surface area contributed by atoms with Gasteiger partial charge in [-0.15, -0.1) is 0 Å². The van der Waals surface area contributed by atoms with Crippen LogP contribution in [0.3, 0.4) is 0 Å². The Morgan fingerprint density at radius 3 is 2.76 bits per heavy atom. The number of ether oxygens (including phenoxy) is 1. The molecule has 8 heteroatoms. The Morgan fingerprint density at radius 2 is 2.07 bits per heavy atom. The number of hydrogen-bond acceptors (Lipinski definition) is 5. The molecule has 2 aromatic carbocycles. The first-order valence-corrected chi connectivity index (χ1v) is 10.1. The smallest absolute Gasteiger partial charge is 0.337 e. The summed E-state index contributed by atoms with van der Waals surface area (Å²) in [6.45, 7) is 0.556. The van der Waals surface area contributed by atoms with Crippen molar-refractivity contribution in [2.24, 2.45) is 7.05 Å². The molecular formula is C21H19N3O4S. The number of carbonyl (C=O) groups excluding carboxylic acids is 1. The summed E-state index contributed by atoms with van der Waals surface area (Å²) >= 11 is 1.68. The molecule has 1 heterocycles. The maximum Gasteiger partial charge on any atom is 0.337 e. The molecule has 29 heavy (non-hydrogen) atoms. The van der Waals surface area contributed by atoms with Gasteiger partial charge in [-0.1, -0.05) is 12.1 Å². The van der Waals surface area contributed by atoms with E-state index in [4.69, 9.17) is 10.00 Å². The summed E-state index contributed by atoms with van der Waals surface area (Å²) in [6, 6.07) is 13.3. The van der Waals surface area contributed by atoms with Gasteiger partial charge >= 0.3 is 5.97 Å². The first-order valence-electron chi connectivity index (χ1n) is 8.75. The van der Waals surface area contributed by atoms with Gasteiger partial charge in [-0.05, 0) is 36.6 Å². The summed E-state index contributed by atoms with van der Waals surface area (Å²) in [5.41, 5.74) is 1.34. The highest BCUT2D eigenvalue weighted by atomic mass is 32.2. The van der Waals surface area contributed by atoms with Gasteiger partial charge in [0.2, 0.25) is 0 Å². The first kappa shape index (κ1) is 20.3. The van der Waals surface area contributed by atoms with E-state index in [2.05, 4.69) is 5.32 Å². The van der Waals surface area contributed by atoms with Crippen LogP contribution in [0.4, 0.5) is 5.69 Å². The van der Waals surface area contributed by atoms with E-state index in [9.17, 15) is 14.7 Å². The lowest BCUT2D eigenvalue weighted by Gasteiger charge is -2.11. The SMILES string of the molecule is CSCCOc1cccc2cc(C(=O)Nc3ccc(C#N)cc3C(=O)O)n(C)c12. The monoisotopic (exact) mass is 409 g/mol. The minimum Gasteiger partial charge on any atom is -0.491 e. The Balaban J connectivity index is 1.95. The quantitative estimate of drug-likeness (QED) is 0.576. The Morgan fingerprint density at radius 1 is 1.28 bits per heavy atom. The molecule has 0 unspecified atom stereocenters. The number of nitrogens with zero attached hydrogens (tertiary/aromatic N) is 2. The number of amides is 1. The molecule has 0 aliphatic heterocycles. The fraction of sp³-hybridized carbons (Fsp3) is 0.190. The van der Waals surface area contributed by atoms with Crippen LogP contribution in [0.15, 0.2) is 42.5 Å². The second kappa shape index (κ2) is 8.71. The average Bonchev–Trinajstić information content (AvgIpc) is 3.06. The van der Waals surface area contributed by atoms with E-state index < -0.39 is 11.9 Å². The summed E-state index contributed by atoms with van der Waals surface area (Å²) < 4.78 is 7.57. The number of anilines is 1. The lowest BCUT2D eigenvalue weighted by atomic mass is 10.1. The molecule has 3 aromatic rings. The molecule has 0 atom stereocenters. The normalized spacial score (nSPS) is 10.5. The molecular weight excluding hydrogens is 390 g/mol. The standard InChI is InChI=1S/C21H19N3O4S/c1-24-17(11-14-4-3-5-18(19(14)24)28-8-9-29-2)20(25)23-16-7-6-13(12-22)10-15(16)21(26)27/h3-7,10-11H,8-9H2,1-2H3,(H,23,25)(H,26,27). The summed E-state index contributed by atoms with van der Waals surface area (Å²) in [4.78, 5) is 24.4. The largest absolute Gasteiger partial charge is 0.491 e. The van der Waals surface area contributed by atoms with Crippen LogP contribution in [0.2, 0.25) is 0 Å². The first-order chi connectivity index (χ1) is 14.0. The summed E-state index contributed by atoms with van der Waals surface area (Å²) in [5, 5.41) is 21.8. The zero-order valence-electron chi connectivity index (χ0n) is 15.9. The molecule has 2 N–H and O–H groups in total. The molecule has 0 spiro atoms. The third-order valence-corrected chi connectivity index (χ3v) is 5.00.